The molecule has 0 aromatic heterocycles. The van der Waals surface area contributed by atoms with Crippen LogP contribution in [0.1, 0.15) is 24.1 Å². The van der Waals surface area contributed by atoms with Gasteiger partial charge in [0.05, 0.1) is 17.6 Å². The second kappa shape index (κ2) is 10.6. The van der Waals surface area contributed by atoms with Gasteiger partial charge in [-0.25, -0.2) is 0 Å². The summed E-state index contributed by atoms with van der Waals surface area (Å²) in [5.74, 6) is 1.60. The molecule has 0 saturated carbocycles. The van der Waals surface area contributed by atoms with E-state index in [4.69, 9.17) is 4.74 Å². The Hall–Kier alpha value is -1.28. The molecule has 0 aliphatic carbocycles. The van der Waals surface area contributed by atoms with Gasteiger partial charge in [0.25, 0.3) is 0 Å². The minimum absolute atomic E-state index is 0. The van der Waals surface area contributed by atoms with Crippen molar-refractivity contribution in [1.82, 2.24) is 10.6 Å². The predicted octanol–water partition coefficient (Wildman–Crippen LogP) is 4.50. The Kier molecular flexibility index (Phi) is 9.13. The lowest BCUT2D eigenvalue weighted by Gasteiger charge is -2.18. The summed E-state index contributed by atoms with van der Waals surface area (Å²) in [4.78, 5) is 4.28. The summed E-state index contributed by atoms with van der Waals surface area (Å²) in [6.45, 7) is 2.80. The van der Waals surface area contributed by atoms with E-state index in [1.54, 1.807) is 14.2 Å². The van der Waals surface area contributed by atoms with Crippen LogP contribution in [0.3, 0.4) is 0 Å². The van der Waals surface area contributed by atoms with Crippen molar-refractivity contribution >= 4 is 45.9 Å². The SMILES string of the molecule is CN=C(NCc1ccc(OC)c(Br)c1)NC(C)c1ccccc1.I. The van der Waals surface area contributed by atoms with Gasteiger partial charge in [-0.3, -0.25) is 4.99 Å². The van der Waals surface area contributed by atoms with Crippen molar-refractivity contribution < 1.29 is 4.74 Å². The molecule has 2 aromatic carbocycles. The van der Waals surface area contributed by atoms with Crippen molar-refractivity contribution in [1.29, 1.82) is 0 Å². The Labute approximate surface area is 169 Å². The fourth-order valence-corrected chi connectivity index (χ4v) is 2.82. The summed E-state index contributed by atoms with van der Waals surface area (Å²) in [7, 11) is 3.44. The number of guanidine groups is 1. The zero-order chi connectivity index (χ0) is 16.7. The van der Waals surface area contributed by atoms with Crippen LogP contribution in [-0.4, -0.2) is 20.1 Å². The molecule has 0 aliphatic heterocycles. The molecule has 24 heavy (non-hydrogen) atoms. The first-order chi connectivity index (χ1) is 11.1. The summed E-state index contributed by atoms with van der Waals surface area (Å²) < 4.78 is 6.19. The van der Waals surface area contributed by atoms with Crippen LogP contribution < -0.4 is 15.4 Å². The molecule has 0 amide bonds. The van der Waals surface area contributed by atoms with E-state index >= 15 is 0 Å². The second-order valence-corrected chi connectivity index (χ2v) is 6.03. The number of hydrogen-bond donors (Lipinski definition) is 2. The molecule has 0 saturated heterocycles. The fraction of sp³-hybridized carbons (Fsp3) is 0.278. The third kappa shape index (κ3) is 5.98. The Balaban J connectivity index is 0.00000288. The van der Waals surface area contributed by atoms with Gasteiger partial charge in [0.1, 0.15) is 5.75 Å². The van der Waals surface area contributed by atoms with Crippen LogP contribution in [0.25, 0.3) is 0 Å². The lowest BCUT2D eigenvalue weighted by molar-refractivity contribution is 0.412. The van der Waals surface area contributed by atoms with Crippen LogP contribution in [0.15, 0.2) is 58.0 Å². The summed E-state index contributed by atoms with van der Waals surface area (Å²) >= 11 is 3.50. The van der Waals surface area contributed by atoms with Crippen molar-refractivity contribution in [2.24, 2.45) is 4.99 Å². The van der Waals surface area contributed by atoms with E-state index in [1.165, 1.54) is 5.56 Å². The lowest BCUT2D eigenvalue weighted by atomic mass is 10.1. The van der Waals surface area contributed by atoms with Gasteiger partial charge in [0.2, 0.25) is 0 Å². The number of ether oxygens (including phenoxy) is 1. The molecular weight excluding hydrogens is 481 g/mol. The number of nitrogens with one attached hydrogen (secondary N) is 2. The highest BCUT2D eigenvalue weighted by Gasteiger charge is 2.07. The zero-order valence-corrected chi connectivity index (χ0v) is 18.0. The van der Waals surface area contributed by atoms with Gasteiger partial charge in [0, 0.05) is 13.6 Å². The molecule has 2 N–H and O–H groups in total. The molecule has 0 heterocycles. The highest BCUT2D eigenvalue weighted by molar-refractivity contribution is 14.0. The average Bonchev–Trinajstić information content (AvgIpc) is 2.59. The van der Waals surface area contributed by atoms with Crippen molar-refractivity contribution in [3.8, 4) is 5.75 Å². The van der Waals surface area contributed by atoms with Gasteiger partial charge >= 0.3 is 0 Å². The molecular formula is C18H23BrIN3O. The van der Waals surface area contributed by atoms with Gasteiger partial charge in [-0.1, -0.05) is 36.4 Å². The summed E-state index contributed by atoms with van der Waals surface area (Å²) in [5, 5.41) is 6.72. The van der Waals surface area contributed by atoms with Crippen molar-refractivity contribution in [2.75, 3.05) is 14.2 Å². The van der Waals surface area contributed by atoms with Crippen molar-refractivity contribution in [3.05, 3.63) is 64.1 Å². The van der Waals surface area contributed by atoms with E-state index in [9.17, 15) is 0 Å². The quantitative estimate of drug-likeness (QED) is 0.358. The molecule has 1 atom stereocenters. The third-order valence-electron chi connectivity index (χ3n) is 3.55. The molecule has 2 aromatic rings. The van der Waals surface area contributed by atoms with Gasteiger partial charge in [0.15, 0.2) is 5.96 Å². The molecule has 0 radical (unpaired) electrons. The first-order valence-electron chi connectivity index (χ1n) is 7.48. The van der Waals surface area contributed by atoms with E-state index in [2.05, 4.69) is 50.6 Å². The summed E-state index contributed by atoms with van der Waals surface area (Å²) in [5.41, 5.74) is 2.37. The minimum atomic E-state index is 0. The molecule has 1 unspecified atom stereocenters. The number of benzene rings is 2. The van der Waals surface area contributed by atoms with Crippen LogP contribution >= 0.6 is 39.9 Å². The second-order valence-electron chi connectivity index (χ2n) is 5.17. The summed E-state index contributed by atoms with van der Waals surface area (Å²) in [6, 6.07) is 16.5. The number of aliphatic imine (C=N–C) groups is 1. The Morgan fingerprint density at radius 2 is 1.92 bits per heavy atom. The maximum atomic E-state index is 5.24. The molecule has 0 bridgehead atoms. The maximum absolute atomic E-state index is 5.24. The smallest absolute Gasteiger partial charge is 0.191 e. The summed E-state index contributed by atoms with van der Waals surface area (Å²) in [6.07, 6.45) is 0. The Morgan fingerprint density at radius 3 is 2.50 bits per heavy atom. The Bertz CT molecular complexity index is 665. The predicted molar refractivity (Wildman–Crippen MR) is 114 cm³/mol. The molecule has 0 fully saturated rings. The first kappa shape index (κ1) is 20.8. The monoisotopic (exact) mass is 503 g/mol. The van der Waals surface area contributed by atoms with E-state index in [1.807, 2.05) is 36.4 Å². The number of methoxy groups -OCH3 is 1. The van der Waals surface area contributed by atoms with Gasteiger partial charge in [-0.05, 0) is 46.1 Å². The normalized spacial score (nSPS) is 12.1. The van der Waals surface area contributed by atoms with E-state index in [0.29, 0.717) is 6.54 Å². The van der Waals surface area contributed by atoms with Gasteiger partial charge < -0.3 is 15.4 Å². The first-order valence-corrected chi connectivity index (χ1v) is 8.28. The van der Waals surface area contributed by atoms with Gasteiger partial charge in [-0.2, -0.15) is 0 Å². The largest absolute Gasteiger partial charge is 0.496 e. The number of hydrogen-bond acceptors (Lipinski definition) is 2. The molecule has 6 heteroatoms. The molecule has 0 aliphatic rings. The maximum Gasteiger partial charge on any atom is 0.191 e. The topological polar surface area (TPSA) is 45.7 Å². The lowest BCUT2D eigenvalue weighted by Crippen LogP contribution is -2.38. The molecule has 0 spiro atoms. The van der Waals surface area contributed by atoms with E-state index in [-0.39, 0.29) is 30.0 Å². The highest BCUT2D eigenvalue weighted by Crippen LogP contribution is 2.25. The van der Waals surface area contributed by atoms with Crippen LogP contribution in [0.4, 0.5) is 0 Å². The van der Waals surface area contributed by atoms with Crippen LogP contribution in [-0.2, 0) is 6.54 Å². The highest BCUT2D eigenvalue weighted by atomic mass is 127. The van der Waals surface area contributed by atoms with Crippen LogP contribution in [0.5, 0.6) is 5.75 Å². The van der Waals surface area contributed by atoms with E-state index in [0.717, 1.165) is 21.7 Å². The number of rotatable bonds is 5. The molecule has 4 nitrogen and oxygen atoms in total. The molecule has 2 rings (SSSR count). The average molecular weight is 504 g/mol. The van der Waals surface area contributed by atoms with Crippen molar-refractivity contribution in [2.45, 2.75) is 19.5 Å². The van der Waals surface area contributed by atoms with Gasteiger partial charge in [-0.15, -0.1) is 24.0 Å². The van der Waals surface area contributed by atoms with E-state index < -0.39 is 0 Å². The fourth-order valence-electron chi connectivity index (χ4n) is 2.23. The van der Waals surface area contributed by atoms with Crippen molar-refractivity contribution in [3.63, 3.8) is 0 Å². The molecule has 130 valence electrons. The zero-order valence-electron chi connectivity index (χ0n) is 14.0. The number of nitrogens with zero attached hydrogens (tertiary/aromatic N) is 1. The third-order valence-corrected chi connectivity index (χ3v) is 4.17. The minimum Gasteiger partial charge on any atom is -0.496 e. The van der Waals surface area contributed by atoms with Crippen LogP contribution in [0, 0.1) is 0 Å². The standard InChI is InChI=1S/C18H22BrN3O.HI/c1-13(15-7-5-4-6-8-15)22-18(20-2)21-12-14-9-10-17(23-3)16(19)11-14;/h4-11,13H,12H2,1-3H3,(H2,20,21,22);1H. The Morgan fingerprint density at radius 1 is 1.21 bits per heavy atom. The van der Waals surface area contributed by atoms with Crippen LogP contribution in [0.2, 0.25) is 0 Å². The number of halogens is 2.